The first-order valence-electron chi connectivity index (χ1n) is 7.31. The number of halogens is 1. The summed E-state index contributed by atoms with van der Waals surface area (Å²) in [4.78, 5) is 13.0. The van der Waals surface area contributed by atoms with Gasteiger partial charge in [-0.25, -0.2) is 0 Å². The SMILES string of the molecule is CCN1C(C(N)=O)=COC1c1ccccc1.Clc1ccccc1. The van der Waals surface area contributed by atoms with E-state index in [2.05, 4.69) is 0 Å². The molecular formula is C18H19ClN2O2. The summed E-state index contributed by atoms with van der Waals surface area (Å²) in [5.74, 6) is -0.458. The molecule has 0 aliphatic carbocycles. The van der Waals surface area contributed by atoms with Crippen molar-refractivity contribution in [3.63, 3.8) is 0 Å². The lowest BCUT2D eigenvalue weighted by molar-refractivity contribution is -0.116. The van der Waals surface area contributed by atoms with Gasteiger partial charge in [0.15, 0.2) is 6.23 Å². The van der Waals surface area contributed by atoms with Crippen molar-refractivity contribution in [1.29, 1.82) is 0 Å². The molecule has 2 N–H and O–H groups in total. The van der Waals surface area contributed by atoms with Gasteiger partial charge in [0.2, 0.25) is 0 Å². The van der Waals surface area contributed by atoms with Crippen molar-refractivity contribution in [3.8, 4) is 0 Å². The summed E-state index contributed by atoms with van der Waals surface area (Å²) in [5, 5.41) is 0.794. The van der Waals surface area contributed by atoms with E-state index in [-0.39, 0.29) is 6.23 Å². The maximum Gasteiger partial charge on any atom is 0.268 e. The van der Waals surface area contributed by atoms with Gasteiger partial charge in [0.25, 0.3) is 5.91 Å². The Balaban J connectivity index is 0.000000229. The lowest BCUT2D eigenvalue weighted by Gasteiger charge is -2.25. The van der Waals surface area contributed by atoms with E-state index in [1.807, 2.05) is 72.5 Å². The van der Waals surface area contributed by atoms with E-state index in [0.717, 1.165) is 10.6 Å². The Morgan fingerprint density at radius 2 is 1.70 bits per heavy atom. The van der Waals surface area contributed by atoms with Crippen molar-refractivity contribution < 1.29 is 9.53 Å². The fourth-order valence-corrected chi connectivity index (χ4v) is 2.37. The van der Waals surface area contributed by atoms with Gasteiger partial charge in [-0.1, -0.05) is 60.1 Å². The number of primary amides is 1. The number of hydrogen-bond acceptors (Lipinski definition) is 3. The normalized spacial score (nSPS) is 16.0. The molecule has 1 aliphatic heterocycles. The summed E-state index contributed by atoms with van der Waals surface area (Å²) in [6.07, 6.45) is 1.19. The van der Waals surface area contributed by atoms with Gasteiger partial charge in [-0.05, 0) is 19.1 Å². The van der Waals surface area contributed by atoms with Gasteiger partial charge in [0.05, 0.1) is 0 Å². The molecule has 0 saturated carbocycles. The molecule has 0 aromatic heterocycles. The van der Waals surface area contributed by atoms with Crippen molar-refractivity contribution in [3.05, 3.63) is 83.2 Å². The fraction of sp³-hybridized carbons (Fsp3) is 0.167. The van der Waals surface area contributed by atoms with Crippen LogP contribution in [0.15, 0.2) is 72.6 Å². The monoisotopic (exact) mass is 330 g/mol. The van der Waals surface area contributed by atoms with Crippen molar-refractivity contribution in [2.75, 3.05) is 6.54 Å². The molecule has 1 unspecified atom stereocenters. The molecule has 0 spiro atoms. The van der Waals surface area contributed by atoms with Gasteiger partial charge in [-0.15, -0.1) is 0 Å². The van der Waals surface area contributed by atoms with Crippen LogP contribution in [0.2, 0.25) is 5.02 Å². The molecule has 1 atom stereocenters. The van der Waals surface area contributed by atoms with E-state index in [4.69, 9.17) is 22.1 Å². The highest BCUT2D eigenvalue weighted by atomic mass is 35.5. The van der Waals surface area contributed by atoms with E-state index in [1.54, 1.807) is 0 Å². The van der Waals surface area contributed by atoms with Crippen LogP contribution in [0.25, 0.3) is 0 Å². The predicted molar refractivity (Wildman–Crippen MR) is 91.4 cm³/mol. The van der Waals surface area contributed by atoms with Gasteiger partial charge in [0.1, 0.15) is 12.0 Å². The molecule has 1 heterocycles. The molecule has 2 aromatic rings. The number of benzene rings is 2. The summed E-state index contributed by atoms with van der Waals surface area (Å²) < 4.78 is 5.48. The Bertz CT molecular complexity index is 659. The fourth-order valence-electron chi connectivity index (χ4n) is 2.22. The Labute approximate surface area is 141 Å². The smallest absolute Gasteiger partial charge is 0.268 e. The molecule has 0 fully saturated rings. The maximum absolute atomic E-state index is 11.2. The summed E-state index contributed by atoms with van der Waals surface area (Å²) in [7, 11) is 0. The van der Waals surface area contributed by atoms with Crippen LogP contribution >= 0.6 is 11.6 Å². The molecule has 1 amide bonds. The lowest BCUT2D eigenvalue weighted by atomic mass is 10.2. The molecule has 2 aromatic carbocycles. The number of hydrogen-bond donors (Lipinski definition) is 1. The highest BCUT2D eigenvalue weighted by Gasteiger charge is 2.30. The van der Waals surface area contributed by atoms with Crippen LogP contribution in [0.1, 0.15) is 18.7 Å². The molecule has 0 bridgehead atoms. The zero-order valence-electron chi connectivity index (χ0n) is 12.9. The van der Waals surface area contributed by atoms with Crippen molar-refractivity contribution in [2.24, 2.45) is 5.73 Å². The topological polar surface area (TPSA) is 55.6 Å². The van der Waals surface area contributed by atoms with Crippen LogP contribution in [-0.2, 0) is 9.53 Å². The zero-order chi connectivity index (χ0) is 16.7. The number of amides is 1. The highest BCUT2D eigenvalue weighted by Crippen LogP contribution is 2.31. The number of carbonyl (C=O) groups excluding carboxylic acids is 1. The van der Waals surface area contributed by atoms with Crippen molar-refractivity contribution in [1.82, 2.24) is 4.90 Å². The summed E-state index contributed by atoms with van der Waals surface area (Å²) >= 11 is 5.54. The van der Waals surface area contributed by atoms with Crippen LogP contribution < -0.4 is 5.73 Å². The number of ether oxygens (including phenoxy) is 1. The van der Waals surface area contributed by atoms with Crippen LogP contribution in [0, 0.1) is 0 Å². The molecular weight excluding hydrogens is 312 g/mol. The summed E-state index contributed by atoms with van der Waals surface area (Å²) in [6.45, 7) is 2.63. The minimum absolute atomic E-state index is 0.242. The van der Waals surface area contributed by atoms with E-state index in [0.29, 0.717) is 12.2 Å². The average Bonchev–Trinajstić information content (AvgIpc) is 3.01. The third kappa shape index (κ3) is 4.50. The van der Waals surface area contributed by atoms with Gasteiger partial charge in [0, 0.05) is 17.1 Å². The number of rotatable bonds is 3. The average molecular weight is 331 g/mol. The molecule has 120 valence electrons. The third-order valence-electron chi connectivity index (χ3n) is 3.31. The van der Waals surface area contributed by atoms with Crippen LogP contribution in [0.5, 0.6) is 0 Å². The minimum atomic E-state index is -0.458. The Morgan fingerprint density at radius 1 is 1.13 bits per heavy atom. The van der Waals surface area contributed by atoms with Gasteiger partial charge in [-0.2, -0.15) is 0 Å². The second kappa shape index (κ2) is 8.25. The molecule has 0 radical (unpaired) electrons. The lowest BCUT2D eigenvalue weighted by Crippen LogP contribution is -2.30. The van der Waals surface area contributed by atoms with Crippen LogP contribution in [-0.4, -0.2) is 17.4 Å². The first kappa shape index (κ1) is 16.9. The molecule has 3 rings (SSSR count). The second-order valence-electron chi connectivity index (χ2n) is 4.85. The highest BCUT2D eigenvalue weighted by molar-refractivity contribution is 6.30. The maximum atomic E-state index is 11.2. The van der Waals surface area contributed by atoms with Gasteiger partial charge >= 0.3 is 0 Å². The Hall–Kier alpha value is -2.46. The Kier molecular flexibility index (Phi) is 6.06. The number of carbonyl (C=O) groups is 1. The summed E-state index contributed by atoms with van der Waals surface area (Å²) in [5.41, 5.74) is 6.71. The van der Waals surface area contributed by atoms with Gasteiger partial charge < -0.3 is 15.4 Å². The first-order chi connectivity index (χ1) is 11.1. The third-order valence-corrected chi connectivity index (χ3v) is 3.56. The van der Waals surface area contributed by atoms with E-state index < -0.39 is 5.91 Å². The Morgan fingerprint density at radius 3 is 2.13 bits per heavy atom. The quantitative estimate of drug-likeness (QED) is 0.933. The second-order valence-corrected chi connectivity index (χ2v) is 5.28. The number of nitrogens with zero attached hydrogens (tertiary/aromatic N) is 1. The molecule has 0 saturated heterocycles. The molecule has 5 heteroatoms. The predicted octanol–water partition coefficient (Wildman–Crippen LogP) is 3.70. The molecule has 4 nitrogen and oxygen atoms in total. The number of nitrogens with two attached hydrogens (primary N) is 1. The van der Waals surface area contributed by atoms with Crippen LogP contribution in [0.3, 0.4) is 0 Å². The van der Waals surface area contributed by atoms with E-state index in [1.165, 1.54) is 6.26 Å². The largest absolute Gasteiger partial charge is 0.471 e. The zero-order valence-corrected chi connectivity index (χ0v) is 13.6. The standard InChI is InChI=1S/C12H14N2O2.C6H5Cl/c1-2-14-10(11(13)15)8-16-12(14)9-6-4-3-5-7-9;7-6-4-2-1-3-5-6/h3-8,12H,2H2,1H3,(H2,13,15);1-5H. The van der Waals surface area contributed by atoms with E-state index >= 15 is 0 Å². The molecule has 1 aliphatic rings. The molecule has 23 heavy (non-hydrogen) atoms. The van der Waals surface area contributed by atoms with Gasteiger partial charge in [-0.3, -0.25) is 4.79 Å². The van der Waals surface area contributed by atoms with Crippen LogP contribution in [0.4, 0.5) is 0 Å². The van der Waals surface area contributed by atoms with Crippen molar-refractivity contribution >= 4 is 17.5 Å². The van der Waals surface area contributed by atoms with E-state index in [9.17, 15) is 4.79 Å². The summed E-state index contributed by atoms with van der Waals surface area (Å²) in [6, 6.07) is 19.2. The minimum Gasteiger partial charge on any atom is -0.471 e. The first-order valence-corrected chi connectivity index (χ1v) is 7.69. The van der Waals surface area contributed by atoms with Crippen molar-refractivity contribution in [2.45, 2.75) is 13.2 Å². The number of likely N-dealkylation sites (N-methyl/N-ethyl adjacent to an activating group) is 1.